The number of hydrogen-bond acceptors (Lipinski definition) is 4. The smallest absolute Gasteiger partial charge is 0.212 e. The summed E-state index contributed by atoms with van der Waals surface area (Å²) in [6.07, 6.45) is 1.89. The van der Waals surface area contributed by atoms with Crippen molar-refractivity contribution in [3.8, 4) is 10.6 Å². The average Bonchev–Trinajstić information content (AvgIpc) is 2.96. The van der Waals surface area contributed by atoms with Gasteiger partial charge in [-0.15, -0.1) is 0 Å². The molecule has 5 heteroatoms. The Bertz CT molecular complexity index is 662. The summed E-state index contributed by atoms with van der Waals surface area (Å²) in [5, 5.41) is 5.53. The molecule has 2 heterocycles. The molecular weight excluding hydrogens is 256 g/mol. The van der Waals surface area contributed by atoms with E-state index in [4.69, 9.17) is 5.73 Å². The number of nitrogens with zero attached hydrogens (tertiary/aromatic N) is 3. The quantitative estimate of drug-likeness (QED) is 0.797. The Hall–Kier alpha value is -1.72. The first-order chi connectivity index (χ1) is 9.17. The van der Waals surface area contributed by atoms with Crippen LogP contribution >= 0.6 is 11.3 Å². The van der Waals surface area contributed by atoms with Crippen molar-refractivity contribution in [1.82, 2.24) is 14.6 Å². The van der Waals surface area contributed by atoms with Crippen LogP contribution in [0.4, 0.5) is 0 Å². The lowest BCUT2D eigenvalue weighted by atomic mass is 10.0. The highest BCUT2D eigenvalue weighted by atomic mass is 32.1. The largest absolute Gasteiger partial charge is 0.325 e. The standard InChI is InChI=1S/C14H16N4S/c1-9(2)10-3-5-11(6-4-10)13-17-18-8-12(7-15)16-14(18)19-13/h3-6,8-9H,7,15H2,1-2H3. The van der Waals surface area contributed by atoms with Gasteiger partial charge in [-0.3, -0.25) is 0 Å². The second-order valence-corrected chi connectivity index (χ2v) is 5.80. The predicted molar refractivity (Wildman–Crippen MR) is 78.3 cm³/mol. The molecule has 0 bridgehead atoms. The Morgan fingerprint density at radius 2 is 2.00 bits per heavy atom. The lowest BCUT2D eigenvalue weighted by Gasteiger charge is -2.04. The van der Waals surface area contributed by atoms with E-state index < -0.39 is 0 Å². The summed E-state index contributed by atoms with van der Waals surface area (Å²) in [5.41, 5.74) is 8.92. The van der Waals surface area contributed by atoms with Crippen molar-refractivity contribution in [3.05, 3.63) is 41.7 Å². The number of hydrogen-bond donors (Lipinski definition) is 1. The molecule has 3 rings (SSSR count). The van der Waals surface area contributed by atoms with Crippen LogP contribution in [0.2, 0.25) is 0 Å². The Morgan fingerprint density at radius 3 is 2.58 bits per heavy atom. The van der Waals surface area contributed by atoms with Crippen LogP contribution in [0.3, 0.4) is 0 Å². The first kappa shape index (κ1) is 12.3. The van der Waals surface area contributed by atoms with E-state index in [9.17, 15) is 0 Å². The van der Waals surface area contributed by atoms with Crippen molar-refractivity contribution in [2.45, 2.75) is 26.3 Å². The first-order valence-electron chi connectivity index (χ1n) is 6.33. The number of rotatable bonds is 3. The van der Waals surface area contributed by atoms with E-state index in [-0.39, 0.29) is 0 Å². The highest BCUT2D eigenvalue weighted by Crippen LogP contribution is 2.27. The van der Waals surface area contributed by atoms with Gasteiger partial charge in [-0.25, -0.2) is 9.50 Å². The minimum atomic E-state index is 0.453. The van der Waals surface area contributed by atoms with Crippen molar-refractivity contribution < 1.29 is 0 Å². The third kappa shape index (κ3) is 2.27. The van der Waals surface area contributed by atoms with Crippen LogP contribution in [0, 0.1) is 0 Å². The molecule has 0 amide bonds. The maximum atomic E-state index is 5.57. The van der Waals surface area contributed by atoms with Crippen LogP contribution in [0.15, 0.2) is 30.5 Å². The number of fused-ring (bicyclic) bond motifs is 1. The Kier molecular flexibility index (Phi) is 3.08. The van der Waals surface area contributed by atoms with Gasteiger partial charge in [0.25, 0.3) is 0 Å². The van der Waals surface area contributed by atoms with Crippen molar-refractivity contribution in [2.75, 3.05) is 0 Å². The molecule has 0 radical (unpaired) electrons. The topological polar surface area (TPSA) is 56.2 Å². The lowest BCUT2D eigenvalue weighted by molar-refractivity contribution is 0.867. The predicted octanol–water partition coefficient (Wildman–Crippen LogP) is 3.04. The fourth-order valence-electron chi connectivity index (χ4n) is 1.97. The third-order valence-electron chi connectivity index (χ3n) is 3.13. The fraction of sp³-hybridized carbons (Fsp3) is 0.286. The maximum Gasteiger partial charge on any atom is 0.212 e. The van der Waals surface area contributed by atoms with E-state index in [0.29, 0.717) is 12.5 Å². The van der Waals surface area contributed by atoms with Gasteiger partial charge in [0, 0.05) is 12.1 Å². The van der Waals surface area contributed by atoms with Crippen LogP contribution in [0.25, 0.3) is 15.5 Å². The van der Waals surface area contributed by atoms with E-state index in [1.165, 1.54) is 5.56 Å². The molecule has 2 N–H and O–H groups in total. The molecule has 0 spiro atoms. The third-order valence-corrected chi connectivity index (χ3v) is 4.10. The van der Waals surface area contributed by atoms with E-state index >= 15 is 0 Å². The summed E-state index contributed by atoms with van der Waals surface area (Å²) in [4.78, 5) is 5.31. The molecule has 0 aliphatic carbocycles. The Labute approximate surface area is 115 Å². The summed E-state index contributed by atoms with van der Waals surface area (Å²) in [5.74, 6) is 0.551. The summed E-state index contributed by atoms with van der Waals surface area (Å²) < 4.78 is 1.80. The molecule has 0 saturated heterocycles. The molecule has 0 aliphatic rings. The minimum Gasteiger partial charge on any atom is -0.325 e. The van der Waals surface area contributed by atoms with E-state index in [0.717, 1.165) is 21.2 Å². The van der Waals surface area contributed by atoms with E-state index in [1.54, 1.807) is 15.9 Å². The van der Waals surface area contributed by atoms with Gasteiger partial charge >= 0.3 is 0 Å². The zero-order valence-corrected chi connectivity index (χ0v) is 11.8. The molecule has 0 unspecified atom stereocenters. The second kappa shape index (κ2) is 4.75. The normalized spacial score (nSPS) is 11.6. The molecule has 98 valence electrons. The summed E-state index contributed by atoms with van der Waals surface area (Å²) in [6.45, 7) is 4.84. The van der Waals surface area contributed by atoms with Crippen LogP contribution < -0.4 is 5.73 Å². The van der Waals surface area contributed by atoms with Crippen molar-refractivity contribution >= 4 is 16.3 Å². The first-order valence-corrected chi connectivity index (χ1v) is 7.14. The molecule has 0 atom stereocenters. The number of aromatic nitrogens is 3. The molecular formula is C14H16N4S. The highest BCUT2D eigenvalue weighted by Gasteiger charge is 2.09. The van der Waals surface area contributed by atoms with Gasteiger partial charge in [-0.05, 0) is 11.5 Å². The highest BCUT2D eigenvalue weighted by molar-refractivity contribution is 7.19. The molecule has 19 heavy (non-hydrogen) atoms. The van der Waals surface area contributed by atoms with Crippen molar-refractivity contribution in [2.24, 2.45) is 5.73 Å². The van der Waals surface area contributed by atoms with Crippen molar-refractivity contribution in [1.29, 1.82) is 0 Å². The number of imidazole rings is 1. The second-order valence-electron chi connectivity index (χ2n) is 4.85. The zero-order valence-electron chi connectivity index (χ0n) is 11.0. The Balaban J connectivity index is 1.96. The van der Waals surface area contributed by atoms with Gasteiger partial charge in [0.05, 0.1) is 11.9 Å². The van der Waals surface area contributed by atoms with Crippen LogP contribution in [0.1, 0.15) is 31.0 Å². The van der Waals surface area contributed by atoms with Gasteiger partial charge in [0.2, 0.25) is 4.96 Å². The van der Waals surface area contributed by atoms with E-state index in [2.05, 4.69) is 48.2 Å². The van der Waals surface area contributed by atoms with Gasteiger partial charge in [-0.2, -0.15) is 5.10 Å². The van der Waals surface area contributed by atoms with Gasteiger partial charge < -0.3 is 5.73 Å². The van der Waals surface area contributed by atoms with Gasteiger partial charge in [0.15, 0.2) is 0 Å². The molecule has 4 nitrogen and oxygen atoms in total. The SMILES string of the molecule is CC(C)c1ccc(-c2nn3cc(CN)nc3s2)cc1. The summed E-state index contributed by atoms with van der Waals surface area (Å²) >= 11 is 1.59. The number of nitrogens with two attached hydrogens (primary N) is 1. The van der Waals surface area contributed by atoms with Crippen LogP contribution in [-0.4, -0.2) is 14.6 Å². The van der Waals surface area contributed by atoms with Crippen LogP contribution in [-0.2, 0) is 6.54 Å². The Morgan fingerprint density at radius 1 is 1.26 bits per heavy atom. The fourth-order valence-corrected chi connectivity index (χ4v) is 2.88. The number of benzene rings is 1. The molecule has 1 aromatic carbocycles. The molecule has 0 fully saturated rings. The van der Waals surface area contributed by atoms with Crippen LogP contribution in [0.5, 0.6) is 0 Å². The van der Waals surface area contributed by atoms with Gasteiger partial charge in [0.1, 0.15) is 5.01 Å². The summed E-state index contributed by atoms with van der Waals surface area (Å²) in [6, 6.07) is 8.57. The van der Waals surface area contributed by atoms with Crippen molar-refractivity contribution in [3.63, 3.8) is 0 Å². The zero-order chi connectivity index (χ0) is 13.4. The van der Waals surface area contributed by atoms with Gasteiger partial charge in [-0.1, -0.05) is 49.4 Å². The molecule has 2 aromatic heterocycles. The molecule has 3 aromatic rings. The average molecular weight is 272 g/mol. The molecule has 0 saturated carbocycles. The minimum absolute atomic E-state index is 0.453. The molecule has 0 aliphatic heterocycles. The monoisotopic (exact) mass is 272 g/mol. The maximum absolute atomic E-state index is 5.57. The lowest BCUT2D eigenvalue weighted by Crippen LogP contribution is -1.95. The summed E-state index contributed by atoms with van der Waals surface area (Å²) in [7, 11) is 0. The van der Waals surface area contributed by atoms with E-state index in [1.807, 2.05) is 6.20 Å².